The van der Waals surface area contributed by atoms with Crippen LogP contribution in [0.25, 0.3) is 0 Å². The molecule has 0 atom stereocenters. The number of pyridine rings is 1. The molecule has 0 saturated heterocycles. The lowest BCUT2D eigenvalue weighted by atomic mass is 9.94. The fraction of sp³-hybridized carbons (Fsp3) is 0.500. The summed E-state index contributed by atoms with van der Waals surface area (Å²) in [4.78, 5) is 15.1. The molecule has 0 aliphatic heterocycles. The minimum absolute atomic E-state index is 0. The average molecular weight is 472 g/mol. The molecule has 0 radical (unpaired) electrons. The van der Waals surface area contributed by atoms with Gasteiger partial charge >= 0.3 is 0 Å². The topological polar surface area (TPSA) is 78.6 Å². The standard InChI is InChI=1S/C18H28N6O.HI/c1-18(2,3)14-11-20-16(25-14)12-22-17(19-4)21-10-13-8-7-9-15(23-13)24(5)6;/h7-9,11H,10,12H2,1-6H3,(H2,19,21,22);1H. The third-order valence-electron chi connectivity index (χ3n) is 3.61. The molecule has 8 heteroatoms. The molecule has 2 aromatic heterocycles. The van der Waals surface area contributed by atoms with Crippen LogP contribution >= 0.6 is 24.0 Å². The van der Waals surface area contributed by atoms with Crippen molar-refractivity contribution < 1.29 is 4.42 Å². The van der Waals surface area contributed by atoms with Crippen molar-refractivity contribution in [3.63, 3.8) is 0 Å². The fourth-order valence-corrected chi connectivity index (χ4v) is 2.11. The second-order valence-corrected chi connectivity index (χ2v) is 7.03. The lowest BCUT2D eigenvalue weighted by Gasteiger charge is -2.14. The first kappa shape index (κ1) is 22.2. The number of aromatic nitrogens is 2. The van der Waals surface area contributed by atoms with E-state index in [4.69, 9.17) is 4.42 Å². The Morgan fingerprint density at radius 2 is 1.88 bits per heavy atom. The van der Waals surface area contributed by atoms with Crippen LogP contribution in [0.1, 0.15) is 38.1 Å². The molecule has 0 amide bonds. The van der Waals surface area contributed by atoms with Gasteiger partial charge in [-0.25, -0.2) is 9.97 Å². The molecule has 2 N–H and O–H groups in total. The highest BCUT2D eigenvalue weighted by atomic mass is 127. The van der Waals surface area contributed by atoms with Crippen LogP contribution in [0.5, 0.6) is 0 Å². The monoisotopic (exact) mass is 472 g/mol. The summed E-state index contributed by atoms with van der Waals surface area (Å²) in [5.41, 5.74) is 0.897. The lowest BCUT2D eigenvalue weighted by Crippen LogP contribution is -2.36. The van der Waals surface area contributed by atoms with Gasteiger partial charge in [0.25, 0.3) is 0 Å². The number of anilines is 1. The Hall–Kier alpha value is -1.84. The van der Waals surface area contributed by atoms with Crippen molar-refractivity contribution in [3.05, 3.63) is 41.7 Å². The molecule has 0 unspecified atom stereocenters. The summed E-state index contributed by atoms with van der Waals surface area (Å²) < 4.78 is 5.77. The van der Waals surface area contributed by atoms with E-state index < -0.39 is 0 Å². The maximum Gasteiger partial charge on any atom is 0.213 e. The Morgan fingerprint density at radius 1 is 1.19 bits per heavy atom. The van der Waals surface area contributed by atoms with E-state index in [1.807, 2.05) is 37.2 Å². The number of nitrogens with one attached hydrogen (secondary N) is 2. The lowest BCUT2D eigenvalue weighted by molar-refractivity contribution is 0.379. The zero-order chi connectivity index (χ0) is 18.4. The van der Waals surface area contributed by atoms with Gasteiger partial charge in [0.05, 0.1) is 25.0 Å². The molecule has 0 fully saturated rings. The van der Waals surface area contributed by atoms with E-state index in [9.17, 15) is 0 Å². The van der Waals surface area contributed by atoms with E-state index in [2.05, 4.69) is 46.4 Å². The first-order chi connectivity index (χ1) is 11.8. The van der Waals surface area contributed by atoms with Gasteiger partial charge in [-0.2, -0.15) is 0 Å². The van der Waals surface area contributed by atoms with Crippen molar-refractivity contribution in [1.29, 1.82) is 0 Å². The molecule has 26 heavy (non-hydrogen) atoms. The summed E-state index contributed by atoms with van der Waals surface area (Å²) in [5.74, 6) is 3.11. The predicted octanol–water partition coefficient (Wildman–Crippen LogP) is 2.92. The number of hydrogen-bond donors (Lipinski definition) is 2. The second-order valence-electron chi connectivity index (χ2n) is 7.03. The van der Waals surface area contributed by atoms with Crippen molar-refractivity contribution in [2.24, 2.45) is 4.99 Å². The Kier molecular flexibility index (Phi) is 8.32. The maximum atomic E-state index is 5.77. The SMILES string of the molecule is CN=C(NCc1cccc(N(C)C)n1)NCc1ncc(C(C)(C)C)o1.I. The molecule has 7 nitrogen and oxygen atoms in total. The van der Waals surface area contributed by atoms with E-state index in [1.54, 1.807) is 13.2 Å². The largest absolute Gasteiger partial charge is 0.443 e. The van der Waals surface area contributed by atoms with Gasteiger partial charge in [0.1, 0.15) is 11.6 Å². The maximum absolute atomic E-state index is 5.77. The summed E-state index contributed by atoms with van der Waals surface area (Å²) in [6.07, 6.45) is 1.78. The average Bonchev–Trinajstić information content (AvgIpc) is 3.04. The minimum atomic E-state index is -0.0473. The number of aliphatic imine (C=N–C) groups is 1. The van der Waals surface area contributed by atoms with Gasteiger partial charge in [0.2, 0.25) is 5.89 Å². The highest BCUT2D eigenvalue weighted by molar-refractivity contribution is 14.0. The highest BCUT2D eigenvalue weighted by Gasteiger charge is 2.19. The van der Waals surface area contributed by atoms with Crippen LogP contribution < -0.4 is 15.5 Å². The summed E-state index contributed by atoms with van der Waals surface area (Å²) in [6, 6.07) is 5.96. The first-order valence-electron chi connectivity index (χ1n) is 8.32. The molecular formula is C18H29IN6O. The van der Waals surface area contributed by atoms with Gasteiger partial charge in [0.15, 0.2) is 5.96 Å². The molecule has 0 saturated carbocycles. The van der Waals surface area contributed by atoms with Gasteiger partial charge in [-0.15, -0.1) is 24.0 Å². The van der Waals surface area contributed by atoms with E-state index in [0.717, 1.165) is 17.3 Å². The highest BCUT2D eigenvalue weighted by Crippen LogP contribution is 2.22. The van der Waals surface area contributed by atoms with E-state index in [-0.39, 0.29) is 29.4 Å². The quantitative estimate of drug-likeness (QED) is 0.396. The summed E-state index contributed by atoms with van der Waals surface area (Å²) >= 11 is 0. The van der Waals surface area contributed by atoms with E-state index in [1.165, 1.54) is 0 Å². The molecule has 0 aromatic carbocycles. The molecule has 0 aliphatic carbocycles. The molecule has 2 rings (SSSR count). The molecule has 144 valence electrons. The fourth-order valence-electron chi connectivity index (χ4n) is 2.11. The first-order valence-corrected chi connectivity index (χ1v) is 8.32. The van der Waals surface area contributed by atoms with Gasteiger partial charge in [-0.3, -0.25) is 4.99 Å². The van der Waals surface area contributed by atoms with Crippen molar-refractivity contribution in [3.8, 4) is 0 Å². The Balaban J connectivity index is 0.00000338. The summed E-state index contributed by atoms with van der Waals surface area (Å²) in [6.45, 7) is 7.35. The normalized spacial score (nSPS) is 11.7. The smallest absolute Gasteiger partial charge is 0.213 e. The molecule has 0 aliphatic rings. The molecule has 2 heterocycles. The number of halogens is 1. The van der Waals surface area contributed by atoms with Gasteiger partial charge in [0, 0.05) is 26.6 Å². The van der Waals surface area contributed by atoms with Crippen LogP contribution in [-0.2, 0) is 18.5 Å². The Bertz CT molecular complexity index is 720. The van der Waals surface area contributed by atoms with Crippen LogP contribution in [0, 0.1) is 0 Å². The molecule has 0 bridgehead atoms. The molecular weight excluding hydrogens is 443 g/mol. The number of rotatable bonds is 5. The van der Waals surface area contributed by atoms with E-state index >= 15 is 0 Å². The molecule has 2 aromatic rings. The van der Waals surface area contributed by atoms with Gasteiger partial charge < -0.3 is 20.0 Å². The zero-order valence-electron chi connectivity index (χ0n) is 16.3. The van der Waals surface area contributed by atoms with E-state index in [0.29, 0.717) is 24.9 Å². The van der Waals surface area contributed by atoms with Crippen LogP contribution in [0.15, 0.2) is 33.8 Å². The van der Waals surface area contributed by atoms with Crippen LogP contribution in [0.3, 0.4) is 0 Å². The third kappa shape index (κ3) is 6.47. The van der Waals surface area contributed by atoms with Gasteiger partial charge in [-0.1, -0.05) is 26.8 Å². The third-order valence-corrected chi connectivity index (χ3v) is 3.61. The zero-order valence-corrected chi connectivity index (χ0v) is 18.7. The number of oxazole rings is 1. The van der Waals surface area contributed by atoms with Crippen LogP contribution in [0.2, 0.25) is 0 Å². The number of hydrogen-bond acceptors (Lipinski definition) is 5. The molecule has 0 spiro atoms. The number of nitrogens with zero attached hydrogens (tertiary/aromatic N) is 4. The minimum Gasteiger partial charge on any atom is -0.443 e. The number of guanidine groups is 1. The summed E-state index contributed by atoms with van der Waals surface area (Å²) in [7, 11) is 5.68. The Morgan fingerprint density at radius 3 is 2.46 bits per heavy atom. The Labute approximate surface area is 172 Å². The second kappa shape index (κ2) is 9.75. The summed E-state index contributed by atoms with van der Waals surface area (Å²) in [5, 5.41) is 6.45. The van der Waals surface area contributed by atoms with Crippen LogP contribution in [-0.4, -0.2) is 37.1 Å². The van der Waals surface area contributed by atoms with Crippen molar-refractivity contribution >= 4 is 35.8 Å². The predicted molar refractivity (Wildman–Crippen MR) is 116 cm³/mol. The van der Waals surface area contributed by atoms with Crippen molar-refractivity contribution in [2.45, 2.75) is 39.3 Å². The van der Waals surface area contributed by atoms with Crippen molar-refractivity contribution in [2.75, 3.05) is 26.0 Å². The van der Waals surface area contributed by atoms with Crippen LogP contribution in [0.4, 0.5) is 5.82 Å². The van der Waals surface area contributed by atoms with Gasteiger partial charge in [-0.05, 0) is 12.1 Å². The van der Waals surface area contributed by atoms with Crippen molar-refractivity contribution in [1.82, 2.24) is 20.6 Å².